The van der Waals surface area contributed by atoms with Gasteiger partial charge in [-0.2, -0.15) is 0 Å². The summed E-state index contributed by atoms with van der Waals surface area (Å²) in [6.45, 7) is 7.77. The summed E-state index contributed by atoms with van der Waals surface area (Å²) >= 11 is 0. The van der Waals surface area contributed by atoms with Crippen LogP contribution in [0.2, 0.25) is 0 Å². The maximum Gasteiger partial charge on any atom is 0.200 e. The van der Waals surface area contributed by atoms with Gasteiger partial charge in [0, 0.05) is 36.0 Å². The van der Waals surface area contributed by atoms with Crippen LogP contribution in [0.4, 0.5) is 0 Å². The van der Waals surface area contributed by atoms with E-state index >= 15 is 0 Å². The maximum absolute atomic E-state index is 13.6. The lowest BCUT2D eigenvalue weighted by atomic mass is 9.51. The van der Waals surface area contributed by atoms with Crippen molar-refractivity contribution in [1.29, 1.82) is 0 Å². The molecule has 2 fully saturated rings. The number of phenolic OH excluding ortho intramolecular Hbond substituents is 2. The van der Waals surface area contributed by atoms with Crippen LogP contribution >= 0.6 is 0 Å². The first-order valence-corrected chi connectivity index (χ1v) is 9.93. The first kappa shape index (κ1) is 18.4. The van der Waals surface area contributed by atoms with Crippen LogP contribution in [0.5, 0.6) is 17.2 Å². The number of hydrogen-bond acceptors (Lipinski definition) is 6. The minimum absolute atomic E-state index is 0.0224. The van der Waals surface area contributed by atoms with Gasteiger partial charge < -0.3 is 19.7 Å². The van der Waals surface area contributed by atoms with Gasteiger partial charge in [0.2, 0.25) is 0 Å². The van der Waals surface area contributed by atoms with Crippen molar-refractivity contribution in [2.75, 3.05) is 0 Å². The molecule has 6 heteroatoms. The number of Topliss-reactive ketones (excluding diaryl/α,β-unsaturated/α-hetero) is 2. The normalized spacial score (nSPS) is 35.5. The third-order valence-electron chi connectivity index (χ3n) is 6.97. The Kier molecular flexibility index (Phi) is 3.37. The Labute approximate surface area is 168 Å². The lowest BCUT2D eigenvalue weighted by molar-refractivity contribution is -0.171. The van der Waals surface area contributed by atoms with Crippen molar-refractivity contribution < 1.29 is 29.3 Å². The molecule has 1 saturated carbocycles. The lowest BCUT2D eigenvalue weighted by Gasteiger charge is -2.56. The van der Waals surface area contributed by atoms with Gasteiger partial charge in [-0.15, -0.1) is 0 Å². The van der Waals surface area contributed by atoms with E-state index < -0.39 is 22.7 Å². The summed E-state index contributed by atoms with van der Waals surface area (Å²) in [5.74, 6) is -1.53. The van der Waals surface area contributed by atoms with Gasteiger partial charge >= 0.3 is 0 Å². The fraction of sp³-hybridized carbons (Fsp3) is 0.478. The van der Waals surface area contributed by atoms with Crippen LogP contribution in [-0.4, -0.2) is 38.6 Å². The van der Waals surface area contributed by atoms with E-state index in [-0.39, 0.29) is 40.3 Å². The van der Waals surface area contributed by atoms with Crippen LogP contribution in [0.1, 0.15) is 50.9 Å². The van der Waals surface area contributed by atoms with Crippen molar-refractivity contribution in [3.63, 3.8) is 0 Å². The van der Waals surface area contributed by atoms with E-state index in [0.29, 0.717) is 18.4 Å². The van der Waals surface area contributed by atoms with E-state index in [0.717, 1.165) is 11.6 Å². The van der Waals surface area contributed by atoms with Crippen LogP contribution in [-0.2, 0) is 9.53 Å². The number of carbonyl (C=O) groups is 2. The number of phenols is 2. The average molecular weight is 396 g/mol. The number of ether oxygens (including phenoxy) is 2. The third-order valence-corrected chi connectivity index (χ3v) is 6.97. The smallest absolute Gasteiger partial charge is 0.200 e. The molecule has 0 aromatic heterocycles. The van der Waals surface area contributed by atoms with Crippen molar-refractivity contribution in [2.24, 2.45) is 11.8 Å². The zero-order chi connectivity index (χ0) is 20.9. The molecule has 2 heterocycles. The van der Waals surface area contributed by atoms with Crippen molar-refractivity contribution in [3.05, 3.63) is 41.0 Å². The monoisotopic (exact) mass is 396 g/mol. The summed E-state index contributed by atoms with van der Waals surface area (Å²) in [7, 11) is 0. The van der Waals surface area contributed by atoms with Gasteiger partial charge in [-0.05, 0) is 34.1 Å². The average Bonchev–Trinajstić information content (AvgIpc) is 2.77. The van der Waals surface area contributed by atoms with Crippen LogP contribution < -0.4 is 4.74 Å². The number of allylic oxidation sites excluding steroid dienone is 2. The van der Waals surface area contributed by atoms with E-state index in [1.165, 1.54) is 6.07 Å². The molecule has 1 aromatic rings. The number of ketones is 2. The summed E-state index contributed by atoms with van der Waals surface area (Å²) < 4.78 is 13.0. The lowest BCUT2D eigenvalue weighted by Crippen LogP contribution is -2.72. The largest absolute Gasteiger partial charge is 0.508 e. The molecule has 4 atom stereocenters. The second-order valence-corrected chi connectivity index (χ2v) is 9.36. The van der Waals surface area contributed by atoms with Crippen LogP contribution in [0.15, 0.2) is 35.4 Å². The van der Waals surface area contributed by atoms with E-state index in [4.69, 9.17) is 9.47 Å². The van der Waals surface area contributed by atoms with E-state index in [9.17, 15) is 19.8 Å². The van der Waals surface area contributed by atoms with Crippen molar-refractivity contribution in [3.8, 4) is 17.2 Å². The molecule has 5 aliphatic rings. The molecule has 1 unspecified atom stereocenters. The molecule has 6 nitrogen and oxygen atoms in total. The van der Waals surface area contributed by atoms with Crippen molar-refractivity contribution in [2.45, 2.75) is 57.3 Å². The molecule has 1 aromatic carbocycles. The molecule has 1 saturated heterocycles. The Morgan fingerprint density at radius 1 is 1.24 bits per heavy atom. The number of hydrogen-bond donors (Lipinski definition) is 2. The molecule has 0 radical (unpaired) electrons. The Balaban J connectivity index is 1.82. The number of aromatic hydroxyl groups is 2. The van der Waals surface area contributed by atoms with Gasteiger partial charge in [0.05, 0.1) is 5.60 Å². The molecule has 2 N–H and O–H groups in total. The molecular weight excluding hydrogens is 372 g/mol. The number of fused-ring (bicyclic) bond motifs is 1. The molecule has 152 valence electrons. The fourth-order valence-electron chi connectivity index (χ4n) is 5.88. The van der Waals surface area contributed by atoms with Crippen LogP contribution in [0.25, 0.3) is 0 Å². The molecule has 6 rings (SSSR count). The van der Waals surface area contributed by atoms with Crippen molar-refractivity contribution >= 4 is 11.6 Å². The predicted octanol–water partition coefficient (Wildman–Crippen LogP) is 3.46. The highest BCUT2D eigenvalue weighted by molar-refractivity contribution is 6.18. The SMILES string of the molecule is CC(C)=CC[C@@]12OC(C)(C)[C@@H]3C[C@@H](C=C4C(=O)c5c(O)cc(O)cc5OC431)C2=O. The van der Waals surface area contributed by atoms with Crippen molar-refractivity contribution in [1.82, 2.24) is 0 Å². The summed E-state index contributed by atoms with van der Waals surface area (Å²) in [5, 5.41) is 20.3. The van der Waals surface area contributed by atoms with Gasteiger partial charge in [0.15, 0.2) is 22.8 Å². The first-order chi connectivity index (χ1) is 13.5. The Morgan fingerprint density at radius 3 is 2.66 bits per heavy atom. The van der Waals surface area contributed by atoms with Gasteiger partial charge in [-0.1, -0.05) is 17.7 Å². The van der Waals surface area contributed by atoms with E-state index in [1.54, 1.807) is 6.08 Å². The van der Waals surface area contributed by atoms with E-state index in [1.807, 2.05) is 33.8 Å². The van der Waals surface area contributed by atoms with Gasteiger partial charge in [-0.3, -0.25) is 9.59 Å². The Morgan fingerprint density at radius 2 is 1.97 bits per heavy atom. The fourth-order valence-corrected chi connectivity index (χ4v) is 5.88. The quantitative estimate of drug-likeness (QED) is 0.744. The zero-order valence-corrected chi connectivity index (χ0v) is 16.9. The van der Waals surface area contributed by atoms with Crippen LogP contribution in [0.3, 0.4) is 0 Å². The molecule has 0 amide bonds. The second-order valence-electron chi connectivity index (χ2n) is 9.36. The van der Waals surface area contributed by atoms with E-state index in [2.05, 4.69) is 0 Å². The highest BCUT2D eigenvalue weighted by atomic mass is 16.6. The molecule has 1 spiro atoms. The topological polar surface area (TPSA) is 93.1 Å². The molecule has 3 aliphatic carbocycles. The highest BCUT2D eigenvalue weighted by Crippen LogP contribution is 2.67. The van der Waals surface area contributed by atoms with Gasteiger partial charge in [-0.25, -0.2) is 0 Å². The minimum atomic E-state index is -1.32. The molecule has 29 heavy (non-hydrogen) atoms. The molecule has 2 aliphatic heterocycles. The van der Waals surface area contributed by atoms with Crippen LogP contribution in [0, 0.1) is 11.8 Å². The Hall–Kier alpha value is -2.60. The number of carbonyl (C=O) groups excluding carboxylic acids is 2. The maximum atomic E-state index is 13.6. The summed E-state index contributed by atoms with van der Waals surface area (Å²) in [5.41, 5.74) is -1.83. The third kappa shape index (κ3) is 2.00. The van der Waals surface area contributed by atoms with Gasteiger partial charge in [0.1, 0.15) is 22.8 Å². The summed E-state index contributed by atoms with van der Waals surface area (Å²) in [6.07, 6.45) is 4.50. The summed E-state index contributed by atoms with van der Waals surface area (Å²) in [6, 6.07) is 2.45. The number of rotatable bonds is 2. The summed E-state index contributed by atoms with van der Waals surface area (Å²) in [4.78, 5) is 27.1. The molecular formula is C23H24O6. The molecule has 4 bridgehead atoms. The Bertz CT molecular complexity index is 1040. The zero-order valence-electron chi connectivity index (χ0n) is 16.9. The second kappa shape index (κ2) is 5.30. The van der Waals surface area contributed by atoms with Gasteiger partial charge in [0.25, 0.3) is 0 Å². The standard InChI is InChI=1S/C23H24O6/c1-11(2)5-6-22-20(27)12-7-14-19(26)18-15(25)9-13(24)10-16(18)28-23(14,22)17(8-12)21(3,4)29-22/h5,7,9-10,12,17,24-25H,6,8H2,1-4H3/t12-,17+,22+,23?/m1/s1. The first-order valence-electron chi connectivity index (χ1n) is 9.93. The number of benzene rings is 1. The predicted molar refractivity (Wildman–Crippen MR) is 104 cm³/mol. The highest BCUT2D eigenvalue weighted by Gasteiger charge is 2.81. The minimum Gasteiger partial charge on any atom is -0.508 e.